The Morgan fingerprint density at radius 2 is 1.85 bits per heavy atom. The summed E-state index contributed by atoms with van der Waals surface area (Å²) in [6.45, 7) is -3.32. The molecular weight excluding hydrogens is 358 g/mol. The third kappa shape index (κ3) is 4.85. The van der Waals surface area contributed by atoms with Gasteiger partial charge in [-0.3, -0.25) is 4.79 Å². The Bertz CT molecular complexity index is 785. The zero-order valence-electron chi connectivity index (χ0n) is 13.5. The lowest BCUT2D eigenvalue weighted by Crippen LogP contribution is -2.28. The van der Waals surface area contributed by atoms with Crippen LogP contribution in [0.1, 0.15) is 22.0 Å². The number of aliphatic hydroxyl groups is 1. The average Bonchev–Trinajstić information content (AvgIpc) is 2.61. The van der Waals surface area contributed by atoms with Gasteiger partial charge in [-0.2, -0.15) is 8.78 Å². The van der Waals surface area contributed by atoms with E-state index in [1.165, 1.54) is 25.3 Å². The molecule has 0 saturated heterocycles. The molecule has 0 aliphatic carbocycles. The maximum atomic E-state index is 13.2. The number of carbonyl (C=O) groups excluding carboxylic acids is 1. The maximum Gasteiger partial charge on any atom is 0.387 e. The fraction of sp³-hybridized carbons (Fsp3) is 0.235. The molecule has 140 valence electrons. The van der Waals surface area contributed by atoms with Crippen molar-refractivity contribution in [2.45, 2.75) is 12.7 Å². The normalized spacial score (nSPS) is 12.0. The second-order valence-electron chi connectivity index (χ2n) is 5.14. The first-order valence-corrected chi connectivity index (χ1v) is 7.36. The second kappa shape index (κ2) is 8.52. The van der Waals surface area contributed by atoms with Crippen molar-refractivity contribution in [3.63, 3.8) is 0 Å². The SMILES string of the molecule is COc1cc(C(=O)NCC(O)c2ccc(F)c(F)c2)ccc1OC(F)F. The van der Waals surface area contributed by atoms with Crippen molar-refractivity contribution in [1.29, 1.82) is 0 Å². The first kappa shape index (κ1) is 19.5. The topological polar surface area (TPSA) is 67.8 Å². The summed E-state index contributed by atoms with van der Waals surface area (Å²) in [5.74, 6) is -3.11. The van der Waals surface area contributed by atoms with E-state index in [2.05, 4.69) is 10.1 Å². The summed E-state index contributed by atoms with van der Waals surface area (Å²) < 4.78 is 59.8. The molecule has 1 amide bonds. The Kier molecular flexibility index (Phi) is 6.40. The van der Waals surface area contributed by atoms with Gasteiger partial charge in [0, 0.05) is 12.1 Å². The molecule has 0 aliphatic heterocycles. The van der Waals surface area contributed by atoms with Crippen molar-refractivity contribution in [3.8, 4) is 11.5 Å². The van der Waals surface area contributed by atoms with Crippen LogP contribution in [-0.4, -0.2) is 31.3 Å². The zero-order chi connectivity index (χ0) is 19.3. The predicted molar refractivity (Wildman–Crippen MR) is 83.3 cm³/mol. The van der Waals surface area contributed by atoms with Gasteiger partial charge in [-0.1, -0.05) is 6.07 Å². The third-order valence-corrected chi connectivity index (χ3v) is 3.43. The van der Waals surface area contributed by atoms with Crippen LogP contribution in [0.4, 0.5) is 17.6 Å². The largest absolute Gasteiger partial charge is 0.493 e. The van der Waals surface area contributed by atoms with Crippen LogP contribution in [0.3, 0.4) is 0 Å². The molecule has 0 aliphatic rings. The van der Waals surface area contributed by atoms with Crippen LogP contribution in [0.2, 0.25) is 0 Å². The minimum atomic E-state index is -3.05. The summed E-state index contributed by atoms with van der Waals surface area (Å²) in [5.41, 5.74) is 0.156. The highest BCUT2D eigenvalue weighted by atomic mass is 19.3. The van der Waals surface area contributed by atoms with E-state index in [0.29, 0.717) is 0 Å². The number of rotatable bonds is 7. The van der Waals surface area contributed by atoms with Crippen molar-refractivity contribution < 1.29 is 36.9 Å². The Morgan fingerprint density at radius 3 is 2.46 bits per heavy atom. The number of carbonyl (C=O) groups is 1. The highest BCUT2D eigenvalue weighted by Crippen LogP contribution is 2.29. The summed E-state index contributed by atoms with van der Waals surface area (Å²) in [6, 6.07) is 6.45. The number of methoxy groups -OCH3 is 1. The Hall–Kier alpha value is -2.81. The van der Waals surface area contributed by atoms with E-state index in [1.54, 1.807) is 0 Å². The van der Waals surface area contributed by atoms with E-state index in [0.717, 1.165) is 18.2 Å². The summed E-state index contributed by atoms with van der Waals surface area (Å²) in [4.78, 5) is 12.1. The van der Waals surface area contributed by atoms with Crippen LogP contribution < -0.4 is 14.8 Å². The quantitative estimate of drug-likeness (QED) is 0.732. The molecule has 0 bridgehead atoms. The Balaban J connectivity index is 2.03. The van der Waals surface area contributed by atoms with Crippen LogP contribution in [0.25, 0.3) is 0 Å². The van der Waals surface area contributed by atoms with E-state index in [1.807, 2.05) is 0 Å². The first-order valence-electron chi connectivity index (χ1n) is 7.36. The molecule has 1 atom stereocenters. The van der Waals surface area contributed by atoms with E-state index in [9.17, 15) is 27.5 Å². The lowest BCUT2D eigenvalue weighted by molar-refractivity contribution is -0.0512. The molecular formula is C17H15F4NO4. The molecule has 0 heterocycles. The molecule has 2 aromatic carbocycles. The smallest absolute Gasteiger partial charge is 0.387 e. The van der Waals surface area contributed by atoms with Gasteiger partial charge in [0.15, 0.2) is 23.1 Å². The number of nitrogens with one attached hydrogen (secondary N) is 1. The minimum Gasteiger partial charge on any atom is -0.493 e. The molecule has 0 fully saturated rings. The van der Waals surface area contributed by atoms with E-state index < -0.39 is 30.3 Å². The molecule has 0 aromatic heterocycles. The fourth-order valence-corrected chi connectivity index (χ4v) is 2.13. The van der Waals surface area contributed by atoms with Crippen LogP contribution >= 0.6 is 0 Å². The summed E-state index contributed by atoms with van der Waals surface area (Å²) >= 11 is 0. The summed E-state index contributed by atoms with van der Waals surface area (Å²) in [6.07, 6.45) is -1.27. The van der Waals surface area contributed by atoms with Crippen molar-refractivity contribution in [3.05, 3.63) is 59.2 Å². The van der Waals surface area contributed by atoms with Crippen molar-refractivity contribution in [1.82, 2.24) is 5.32 Å². The van der Waals surface area contributed by atoms with Gasteiger partial charge in [0.05, 0.1) is 13.2 Å². The monoisotopic (exact) mass is 373 g/mol. The fourth-order valence-electron chi connectivity index (χ4n) is 2.13. The van der Waals surface area contributed by atoms with E-state index >= 15 is 0 Å². The highest BCUT2D eigenvalue weighted by molar-refractivity contribution is 5.94. The Labute approximate surface area is 146 Å². The van der Waals surface area contributed by atoms with Gasteiger partial charge in [0.25, 0.3) is 5.91 Å². The van der Waals surface area contributed by atoms with Gasteiger partial charge >= 0.3 is 6.61 Å². The predicted octanol–water partition coefficient (Wildman–Crippen LogP) is 3.04. The molecule has 1 unspecified atom stereocenters. The number of amides is 1. The third-order valence-electron chi connectivity index (χ3n) is 3.43. The number of ether oxygens (including phenoxy) is 2. The molecule has 5 nitrogen and oxygen atoms in total. The number of hydrogen-bond donors (Lipinski definition) is 2. The number of alkyl halides is 2. The molecule has 2 rings (SSSR count). The van der Waals surface area contributed by atoms with Crippen molar-refractivity contribution in [2.75, 3.05) is 13.7 Å². The van der Waals surface area contributed by atoms with Crippen LogP contribution in [-0.2, 0) is 0 Å². The molecule has 0 spiro atoms. The van der Waals surface area contributed by atoms with Gasteiger partial charge in [-0.25, -0.2) is 8.78 Å². The van der Waals surface area contributed by atoms with Crippen LogP contribution in [0.15, 0.2) is 36.4 Å². The number of benzene rings is 2. The minimum absolute atomic E-state index is 0.0703. The van der Waals surface area contributed by atoms with Gasteiger partial charge in [0.1, 0.15) is 0 Å². The second-order valence-corrected chi connectivity index (χ2v) is 5.14. The summed E-state index contributed by atoms with van der Waals surface area (Å²) in [7, 11) is 1.22. The lowest BCUT2D eigenvalue weighted by Gasteiger charge is -2.14. The number of hydrogen-bond acceptors (Lipinski definition) is 4. The van der Waals surface area contributed by atoms with Gasteiger partial charge in [-0.05, 0) is 35.9 Å². The van der Waals surface area contributed by atoms with Crippen LogP contribution in [0.5, 0.6) is 11.5 Å². The molecule has 0 radical (unpaired) electrons. The standard InChI is InChI=1S/C17H15F4NO4/c1-25-15-7-10(3-5-14(15)26-17(20)21)16(24)22-8-13(23)9-2-4-11(18)12(19)6-9/h2-7,13,17,23H,8H2,1H3,(H,22,24). The molecule has 2 aromatic rings. The highest BCUT2D eigenvalue weighted by Gasteiger charge is 2.16. The van der Waals surface area contributed by atoms with Crippen molar-refractivity contribution in [2.24, 2.45) is 0 Å². The van der Waals surface area contributed by atoms with Gasteiger partial charge in [0.2, 0.25) is 0 Å². The molecule has 9 heteroatoms. The summed E-state index contributed by atoms with van der Waals surface area (Å²) in [5, 5.41) is 12.3. The van der Waals surface area contributed by atoms with Crippen LogP contribution in [0, 0.1) is 11.6 Å². The van der Waals surface area contributed by atoms with E-state index in [4.69, 9.17) is 4.74 Å². The van der Waals surface area contributed by atoms with Gasteiger partial charge < -0.3 is 19.9 Å². The van der Waals surface area contributed by atoms with E-state index in [-0.39, 0.29) is 29.2 Å². The molecule has 0 saturated carbocycles. The first-order chi connectivity index (χ1) is 12.3. The lowest BCUT2D eigenvalue weighted by atomic mass is 10.1. The Morgan fingerprint density at radius 1 is 1.12 bits per heavy atom. The average molecular weight is 373 g/mol. The zero-order valence-corrected chi connectivity index (χ0v) is 13.5. The molecule has 26 heavy (non-hydrogen) atoms. The number of aliphatic hydroxyl groups excluding tert-OH is 1. The number of halogens is 4. The molecule has 2 N–H and O–H groups in total. The van der Waals surface area contributed by atoms with Gasteiger partial charge in [-0.15, -0.1) is 0 Å². The maximum absolute atomic E-state index is 13.2. The van der Waals surface area contributed by atoms with Crippen molar-refractivity contribution >= 4 is 5.91 Å².